The first kappa shape index (κ1) is 12.4. The Balaban J connectivity index is 4.20. The van der Waals surface area contributed by atoms with Crippen LogP contribution in [0, 0.1) is 22.7 Å². The maximum Gasteiger partial charge on any atom is 0.0687 e. The van der Waals surface area contributed by atoms with Gasteiger partial charge in [-0.15, -0.1) is 0 Å². The monoisotopic (exact) mass is 183 g/mol. The summed E-state index contributed by atoms with van der Waals surface area (Å²) in [4.78, 5) is 0. The van der Waals surface area contributed by atoms with Gasteiger partial charge in [0.25, 0.3) is 0 Å². The zero-order valence-electron chi connectivity index (χ0n) is 9.17. The molecular weight excluding hydrogens is 162 g/mol. The van der Waals surface area contributed by atoms with Crippen LogP contribution in [0.3, 0.4) is 0 Å². The van der Waals surface area contributed by atoms with Crippen LogP contribution in [-0.4, -0.2) is 11.2 Å². The van der Waals surface area contributed by atoms with Crippen LogP contribution >= 0.6 is 0 Å². The predicted octanol–water partition coefficient (Wildman–Crippen LogP) is 2.72. The predicted molar refractivity (Wildman–Crippen MR) is 54.1 cm³/mol. The van der Waals surface area contributed by atoms with Crippen molar-refractivity contribution < 1.29 is 5.11 Å². The molecule has 0 fully saturated rings. The Labute approximate surface area is 81.6 Å². The maximum absolute atomic E-state index is 9.67. The van der Waals surface area contributed by atoms with Gasteiger partial charge in [-0.1, -0.05) is 27.2 Å². The first-order valence-corrected chi connectivity index (χ1v) is 5.04. The van der Waals surface area contributed by atoms with E-state index in [1.807, 2.05) is 20.8 Å². The minimum atomic E-state index is -0.351. The molecule has 0 aromatic heterocycles. The quantitative estimate of drug-likeness (QED) is 0.712. The highest BCUT2D eigenvalue weighted by Gasteiger charge is 2.27. The molecule has 2 heteroatoms. The molecule has 0 aromatic carbocycles. The number of aliphatic hydroxyl groups excluding tert-OH is 1. The van der Waals surface area contributed by atoms with Gasteiger partial charge in [-0.3, -0.25) is 0 Å². The largest absolute Gasteiger partial charge is 0.393 e. The summed E-state index contributed by atoms with van der Waals surface area (Å²) in [5, 5.41) is 18.7. The minimum Gasteiger partial charge on any atom is -0.393 e. The second-order valence-electron chi connectivity index (χ2n) is 4.44. The summed E-state index contributed by atoms with van der Waals surface area (Å²) in [6, 6.07) is 2.31. The average Bonchev–Trinajstić information content (AvgIpc) is 2.04. The van der Waals surface area contributed by atoms with Gasteiger partial charge >= 0.3 is 0 Å². The first-order chi connectivity index (χ1) is 5.95. The zero-order chi connectivity index (χ0) is 10.5. The molecule has 0 aliphatic carbocycles. The third kappa shape index (κ3) is 4.28. The van der Waals surface area contributed by atoms with Gasteiger partial charge in [0.2, 0.25) is 0 Å². The van der Waals surface area contributed by atoms with Gasteiger partial charge in [-0.05, 0) is 25.7 Å². The lowest BCUT2D eigenvalue weighted by atomic mass is 9.80. The number of hydrogen-bond acceptors (Lipinski definition) is 2. The molecule has 2 atom stereocenters. The lowest BCUT2D eigenvalue weighted by Crippen LogP contribution is -2.25. The summed E-state index contributed by atoms with van der Waals surface area (Å²) >= 11 is 0. The molecular formula is C11H21NO. The number of rotatable bonds is 5. The van der Waals surface area contributed by atoms with Crippen molar-refractivity contribution in [3.05, 3.63) is 0 Å². The number of hydrogen-bond donors (Lipinski definition) is 1. The summed E-state index contributed by atoms with van der Waals surface area (Å²) in [6.45, 7) is 7.96. The minimum absolute atomic E-state index is 0.240. The molecule has 0 spiro atoms. The van der Waals surface area contributed by atoms with Gasteiger partial charge < -0.3 is 5.11 Å². The van der Waals surface area contributed by atoms with E-state index in [1.54, 1.807) is 0 Å². The highest BCUT2D eigenvalue weighted by atomic mass is 16.3. The second-order valence-corrected chi connectivity index (χ2v) is 4.44. The zero-order valence-corrected chi connectivity index (χ0v) is 9.17. The molecule has 0 aliphatic rings. The molecule has 0 unspecified atom stereocenters. The number of nitriles is 1. The molecule has 2 nitrogen and oxygen atoms in total. The fourth-order valence-corrected chi connectivity index (χ4v) is 1.45. The summed E-state index contributed by atoms with van der Waals surface area (Å²) in [5.41, 5.74) is -0.349. The van der Waals surface area contributed by atoms with Gasteiger partial charge in [-0.2, -0.15) is 5.26 Å². The molecule has 0 heterocycles. The first-order valence-electron chi connectivity index (χ1n) is 5.04. The van der Waals surface area contributed by atoms with E-state index < -0.39 is 0 Å². The van der Waals surface area contributed by atoms with E-state index in [-0.39, 0.29) is 17.4 Å². The van der Waals surface area contributed by atoms with E-state index in [0.717, 1.165) is 12.8 Å². The Morgan fingerprint density at radius 2 is 2.00 bits per heavy atom. The smallest absolute Gasteiger partial charge is 0.0687 e. The van der Waals surface area contributed by atoms with E-state index in [1.165, 1.54) is 0 Å². The van der Waals surface area contributed by atoms with E-state index in [0.29, 0.717) is 6.42 Å². The van der Waals surface area contributed by atoms with Crippen LogP contribution in [-0.2, 0) is 0 Å². The Hall–Kier alpha value is -0.550. The Morgan fingerprint density at radius 3 is 2.31 bits per heavy atom. The lowest BCUT2D eigenvalue weighted by molar-refractivity contribution is 0.0825. The van der Waals surface area contributed by atoms with Crippen molar-refractivity contribution in [2.24, 2.45) is 11.3 Å². The number of aliphatic hydroxyl groups is 1. The molecule has 0 bridgehead atoms. The van der Waals surface area contributed by atoms with Crippen molar-refractivity contribution in [2.75, 3.05) is 0 Å². The molecule has 13 heavy (non-hydrogen) atoms. The van der Waals surface area contributed by atoms with Gasteiger partial charge in [0.05, 0.1) is 17.6 Å². The van der Waals surface area contributed by atoms with Crippen molar-refractivity contribution in [3.63, 3.8) is 0 Å². The fraction of sp³-hybridized carbons (Fsp3) is 0.909. The van der Waals surface area contributed by atoms with Crippen LogP contribution in [0.2, 0.25) is 0 Å². The molecule has 0 aromatic rings. The van der Waals surface area contributed by atoms with Crippen LogP contribution in [0.5, 0.6) is 0 Å². The molecule has 0 rings (SSSR count). The topological polar surface area (TPSA) is 44.0 Å². The summed E-state index contributed by atoms with van der Waals surface area (Å²) in [7, 11) is 0. The lowest BCUT2D eigenvalue weighted by Gasteiger charge is -2.25. The van der Waals surface area contributed by atoms with Crippen LogP contribution < -0.4 is 0 Å². The summed E-state index contributed by atoms with van der Waals surface area (Å²) in [5.74, 6) is 0.240. The molecule has 0 amide bonds. The Morgan fingerprint density at radius 1 is 1.46 bits per heavy atom. The SMILES string of the molecule is CCC[C@@](C)(C#N)C[C@H](O)C(C)C. The van der Waals surface area contributed by atoms with Crippen LogP contribution in [0.1, 0.15) is 47.0 Å². The average molecular weight is 183 g/mol. The second kappa shape index (κ2) is 5.24. The van der Waals surface area contributed by atoms with E-state index in [9.17, 15) is 5.11 Å². The molecule has 76 valence electrons. The van der Waals surface area contributed by atoms with Crippen molar-refractivity contribution in [3.8, 4) is 6.07 Å². The summed E-state index contributed by atoms with van der Waals surface area (Å²) < 4.78 is 0. The van der Waals surface area contributed by atoms with Crippen LogP contribution in [0.15, 0.2) is 0 Å². The standard InChI is InChI=1S/C11H21NO/c1-5-6-11(4,8-12)7-10(13)9(2)3/h9-10,13H,5-7H2,1-4H3/t10-,11+/m0/s1. The highest BCUT2D eigenvalue weighted by Crippen LogP contribution is 2.29. The normalized spacial score (nSPS) is 17.9. The third-order valence-corrected chi connectivity index (χ3v) is 2.50. The highest BCUT2D eigenvalue weighted by molar-refractivity contribution is 4.96. The van der Waals surface area contributed by atoms with Crippen molar-refractivity contribution in [1.82, 2.24) is 0 Å². The van der Waals surface area contributed by atoms with E-state index >= 15 is 0 Å². The van der Waals surface area contributed by atoms with E-state index in [2.05, 4.69) is 13.0 Å². The Bertz CT molecular complexity index is 183. The molecule has 0 saturated heterocycles. The van der Waals surface area contributed by atoms with Crippen molar-refractivity contribution in [1.29, 1.82) is 5.26 Å². The third-order valence-electron chi connectivity index (χ3n) is 2.50. The summed E-state index contributed by atoms with van der Waals surface area (Å²) in [6.07, 6.45) is 2.10. The molecule has 0 radical (unpaired) electrons. The van der Waals surface area contributed by atoms with Crippen LogP contribution in [0.4, 0.5) is 0 Å². The van der Waals surface area contributed by atoms with Crippen molar-refractivity contribution in [2.45, 2.75) is 53.1 Å². The fourth-order valence-electron chi connectivity index (χ4n) is 1.45. The van der Waals surface area contributed by atoms with Gasteiger partial charge in [0.15, 0.2) is 0 Å². The molecule has 1 N–H and O–H groups in total. The van der Waals surface area contributed by atoms with Gasteiger partial charge in [-0.25, -0.2) is 0 Å². The van der Waals surface area contributed by atoms with Crippen molar-refractivity contribution >= 4 is 0 Å². The molecule has 0 aliphatic heterocycles. The number of nitrogens with zero attached hydrogens (tertiary/aromatic N) is 1. The van der Waals surface area contributed by atoms with Crippen LogP contribution in [0.25, 0.3) is 0 Å². The maximum atomic E-state index is 9.67. The van der Waals surface area contributed by atoms with Gasteiger partial charge in [0, 0.05) is 0 Å². The van der Waals surface area contributed by atoms with E-state index in [4.69, 9.17) is 5.26 Å². The van der Waals surface area contributed by atoms with Gasteiger partial charge in [0.1, 0.15) is 0 Å². The Kier molecular flexibility index (Phi) is 5.02. The molecule has 0 saturated carbocycles.